The topological polar surface area (TPSA) is 91.2 Å². The summed E-state index contributed by atoms with van der Waals surface area (Å²) in [7, 11) is -1.70. The van der Waals surface area contributed by atoms with E-state index in [-0.39, 0.29) is 42.9 Å². The van der Waals surface area contributed by atoms with Crippen LogP contribution in [-0.4, -0.2) is 81.8 Å². The van der Waals surface area contributed by atoms with Gasteiger partial charge in [-0.1, -0.05) is 18.2 Å². The second-order valence-electron chi connectivity index (χ2n) is 7.25. The zero-order valence-corrected chi connectivity index (χ0v) is 16.4. The first-order valence-electron chi connectivity index (χ1n) is 9.30. The Morgan fingerprint density at radius 2 is 1.70 bits per heavy atom. The molecule has 1 aliphatic carbocycles. The number of nitrogens with zero attached hydrogens (tertiary/aromatic N) is 2. The summed E-state index contributed by atoms with van der Waals surface area (Å²) in [6.45, 7) is 1.79. The zero-order valence-electron chi connectivity index (χ0n) is 15.6. The van der Waals surface area contributed by atoms with Gasteiger partial charge in [0.1, 0.15) is 0 Å². The van der Waals surface area contributed by atoms with Gasteiger partial charge in [-0.05, 0) is 25.0 Å². The highest BCUT2D eigenvalue weighted by atomic mass is 32.2. The Morgan fingerprint density at radius 3 is 2.30 bits per heavy atom. The number of piperazine rings is 1. The Kier molecular flexibility index (Phi) is 6.13. The molecule has 0 aromatic heterocycles. The van der Waals surface area contributed by atoms with Crippen LogP contribution >= 0.6 is 0 Å². The number of hydrogen-bond acceptors (Lipinski definition) is 4. The predicted molar refractivity (Wildman–Crippen MR) is 99.6 cm³/mol. The van der Waals surface area contributed by atoms with E-state index >= 15 is 0 Å². The average molecular weight is 396 g/mol. The molecule has 2 fully saturated rings. The predicted octanol–water partition coefficient (Wildman–Crippen LogP) is -1.69. The molecular formula is C18H27N4O4S+. The summed E-state index contributed by atoms with van der Waals surface area (Å²) in [5.41, 5.74) is 0. The number of carbonyl (C=O) groups is 2. The van der Waals surface area contributed by atoms with Crippen LogP contribution in [0, 0.1) is 0 Å². The molecule has 1 aromatic carbocycles. The monoisotopic (exact) mass is 395 g/mol. The van der Waals surface area contributed by atoms with E-state index in [9.17, 15) is 18.0 Å². The molecule has 3 rings (SSSR count). The minimum atomic E-state index is -3.52. The Hall–Kier alpha value is -1.97. The number of amides is 2. The number of hydrogen-bond donors (Lipinski definition) is 2. The van der Waals surface area contributed by atoms with E-state index in [4.69, 9.17) is 0 Å². The molecule has 1 heterocycles. The van der Waals surface area contributed by atoms with E-state index in [0.717, 1.165) is 17.7 Å². The average Bonchev–Trinajstić information content (AvgIpc) is 3.46. The van der Waals surface area contributed by atoms with Crippen LogP contribution in [0.25, 0.3) is 0 Å². The summed E-state index contributed by atoms with van der Waals surface area (Å²) in [6, 6.07) is 8.66. The molecule has 2 aliphatic rings. The lowest BCUT2D eigenvalue weighted by Gasteiger charge is -2.34. The fraction of sp³-hybridized carbons (Fsp3) is 0.556. The van der Waals surface area contributed by atoms with Crippen molar-refractivity contribution in [2.75, 3.05) is 46.3 Å². The van der Waals surface area contributed by atoms with Crippen LogP contribution in [0.4, 0.5) is 0 Å². The van der Waals surface area contributed by atoms with Gasteiger partial charge in [0.15, 0.2) is 13.1 Å². The highest BCUT2D eigenvalue weighted by Crippen LogP contribution is 2.18. The summed E-state index contributed by atoms with van der Waals surface area (Å²) < 4.78 is 26.7. The molecule has 148 valence electrons. The van der Waals surface area contributed by atoms with Crippen molar-refractivity contribution in [3.8, 4) is 0 Å². The number of nitrogens with one attached hydrogen (secondary N) is 2. The van der Waals surface area contributed by atoms with Crippen molar-refractivity contribution < 1.29 is 22.9 Å². The van der Waals surface area contributed by atoms with E-state index in [1.54, 1.807) is 35.2 Å². The summed E-state index contributed by atoms with van der Waals surface area (Å²) in [6.07, 6.45) is 2.08. The molecule has 0 spiro atoms. The van der Waals surface area contributed by atoms with Gasteiger partial charge in [0.2, 0.25) is 10.0 Å². The lowest BCUT2D eigenvalue weighted by Crippen LogP contribution is -3.11. The second-order valence-corrected chi connectivity index (χ2v) is 9.19. The van der Waals surface area contributed by atoms with Gasteiger partial charge in [-0.3, -0.25) is 9.59 Å². The standard InChI is InChI=1S/C18H26N4O4S/c1-20(13-17(23)19-15-7-8-15)14-18(24)21-9-11-22(12-10-21)27(25,26)16-5-3-2-4-6-16/h2-6,15H,7-14H2,1H3,(H,19,23)/p+1. The molecule has 0 bridgehead atoms. The zero-order chi connectivity index (χ0) is 19.4. The molecule has 1 saturated carbocycles. The molecule has 2 N–H and O–H groups in total. The number of benzene rings is 1. The lowest BCUT2D eigenvalue weighted by molar-refractivity contribution is -0.863. The molecule has 1 aliphatic heterocycles. The minimum absolute atomic E-state index is 0.0263. The third-order valence-electron chi connectivity index (χ3n) is 4.83. The molecule has 1 saturated heterocycles. The van der Waals surface area contributed by atoms with Crippen LogP contribution < -0.4 is 10.2 Å². The molecule has 1 atom stereocenters. The van der Waals surface area contributed by atoms with Crippen molar-refractivity contribution >= 4 is 21.8 Å². The summed E-state index contributed by atoms with van der Waals surface area (Å²) >= 11 is 0. The highest BCUT2D eigenvalue weighted by molar-refractivity contribution is 7.89. The van der Waals surface area contributed by atoms with E-state index in [1.807, 2.05) is 7.05 Å². The second kappa shape index (κ2) is 8.37. The lowest BCUT2D eigenvalue weighted by atomic mass is 10.3. The van der Waals surface area contributed by atoms with Gasteiger partial charge >= 0.3 is 0 Å². The van der Waals surface area contributed by atoms with Gasteiger partial charge in [-0.15, -0.1) is 0 Å². The maximum atomic E-state index is 12.6. The van der Waals surface area contributed by atoms with Crippen LogP contribution in [0.15, 0.2) is 35.2 Å². The van der Waals surface area contributed by atoms with E-state index in [1.165, 1.54) is 4.31 Å². The number of likely N-dealkylation sites (N-methyl/N-ethyl adjacent to an activating group) is 1. The molecule has 1 aromatic rings. The molecule has 1 unspecified atom stereocenters. The first-order chi connectivity index (χ1) is 12.9. The summed E-state index contributed by atoms with van der Waals surface area (Å²) in [5.74, 6) is -0.0787. The van der Waals surface area contributed by atoms with Gasteiger partial charge in [0, 0.05) is 32.2 Å². The normalized spacial score (nSPS) is 19.5. The largest absolute Gasteiger partial charge is 0.348 e. The van der Waals surface area contributed by atoms with Crippen molar-refractivity contribution in [1.82, 2.24) is 14.5 Å². The molecule has 9 heteroatoms. The number of sulfonamides is 1. The van der Waals surface area contributed by atoms with Crippen molar-refractivity contribution in [2.24, 2.45) is 0 Å². The van der Waals surface area contributed by atoms with Gasteiger partial charge in [-0.2, -0.15) is 4.31 Å². The molecule has 8 nitrogen and oxygen atoms in total. The first kappa shape index (κ1) is 19.8. The smallest absolute Gasteiger partial charge is 0.277 e. The third kappa shape index (κ3) is 5.27. The maximum absolute atomic E-state index is 12.6. The Balaban J connectivity index is 1.46. The van der Waals surface area contributed by atoms with E-state index < -0.39 is 10.0 Å². The van der Waals surface area contributed by atoms with Crippen molar-refractivity contribution in [3.63, 3.8) is 0 Å². The van der Waals surface area contributed by atoms with Crippen molar-refractivity contribution in [3.05, 3.63) is 30.3 Å². The Morgan fingerprint density at radius 1 is 1.07 bits per heavy atom. The van der Waals surface area contributed by atoms with Gasteiger partial charge in [0.25, 0.3) is 11.8 Å². The molecule has 2 amide bonds. The maximum Gasteiger partial charge on any atom is 0.277 e. The van der Waals surface area contributed by atoms with Crippen molar-refractivity contribution in [2.45, 2.75) is 23.8 Å². The van der Waals surface area contributed by atoms with Crippen LogP contribution in [-0.2, 0) is 19.6 Å². The number of carbonyl (C=O) groups excluding carboxylic acids is 2. The van der Waals surface area contributed by atoms with Crippen LogP contribution in [0.3, 0.4) is 0 Å². The van der Waals surface area contributed by atoms with E-state index in [0.29, 0.717) is 19.1 Å². The van der Waals surface area contributed by atoms with Crippen LogP contribution in [0.5, 0.6) is 0 Å². The quantitative estimate of drug-likeness (QED) is 0.577. The molecular weight excluding hydrogens is 368 g/mol. The van der Waals surface area contributed by atoms with Gasteiger partial charge in [0.05, 0.1) is 11.9 Å². The number of quaternary nitrogens is 1. The fourth-order valence-electron chi connectivity index (χ4n) is 3.13. The SMILES string of the molecule is C[NH+](CC(=O)NC1CC1)CC(=O)N1CCN(S(=O)(=O)c2ccccc2)CC1. The summed E-state index contributed by atoms with van der Waals surface area (Å²) in [4.78, 5) is 27.1. The summed E-state index contributed by atoms with van der Waals surface area (Å²) in [5, 5.41) is 2.92. The highest BCUT2D eigenvalue weighted by Gasteiger charge is 2.31. The molecule has 0 radical (unpaired) electrons. The van der Waals surface area contributed by atoms with E-state index in [2.05, 4.69) is 5.32 Å². The van der Waals surface area contributed by atoms with Crippen LogP contribution in [0.1, 0.15) is 12.8 Å². The first-order valence-corrected chi connectivity index (χ1v) is 10.7. The van der Waals surface area contributed by atoms with Gasteiger partial charge < -0.3 is 15.1 Å². The van der Waals surface area contributed by atoms with Crippen molar-refractivity contribution in [1.29, 1.82) is 0 Å². The van der Waals surface area contributed by atoms with Gasteiger partial charge in [-0.25, -0.2) is 8.42 Å². The molecule has 27 heavy (non-hydrogen) atoms. The van der Waals surface area contributed by atoms with Crippen LogP contribution in [0.2, 0.25) is 0 Å². The fourth-order valence-corrected chi connectivity index (χ4v) is 4.58. The third-order valence-corrected chi connectivity index (χ3v) is 6.74. The minimum Gasteiger partial charge on any atom is -0.348 e. The Labute approximate surface area is 160 Å². The number of rotatable bonds is 7. The Bertz CT molecular complexity index is 772.